The molecule has 0 atom stereocenters. The number of carboxylic acids is 1. The molecular formula is C12H16N2O3. The molecule has 2 rings (SSSR count). The molecule has 0 saturated carbocycles. The zero-order valence-corrected chi connectivity index (χ0v) is 9.56. The maximum absolute atomic E-state index is 11.1. The molecule has 0 aromatic heterocycles. The minimum Gasteiger partial charge on any atom is -0.478 e. The fraction of sp³-hybridized carbons (Fsp3) is 0.417. The van der Waals surface area contributed by atoms with E-state index in [1.165, 1.54) is 0 Å². The van der Waals surface area contributed by atoms with E-state index in [2.05, 4.69) is 4.90 Å². The molecule has 17 heavy (non-hydrogen) atoms. The van der Waals surface area contributed by atoms with Crippen LogP contribution in [0, 0.1) is 0 Å². The molecule has 5 heteroatoms. The van der Waals surface area contributed by atoms with E-state index < -0.39 is 5.97 Å². The van der Waals surface area contributed by atoms with Crippen LogP contribution in [0.25, 0.3) is 0 Å². The summed E-state index contributed by atoms with van der Waals surface area (Å²) in [5.74, 6) is -0.930. The number of aromatic carboxylic acids is 1. The van der Waals surface area contributed by atoms with Crippen LogP contribution in [0.5, 0.6) is 0 Å². The van der Waals surface area contributed by atoms with E-state index in [9.17, 15) is 4.79 Å². The summed E-state index contributed by atoms with van der Waals surface area (Å²) in [5.41, 5.74) is 7.38. The molecule has 0 radical (unpaired) electrons. The van der Waals surface area contributed by atoms with Gasteiger partial charge in [0.05, 0.1) is 18.8 Å². The van der Waals surface area contributed by atoms with Gasteiger partial charge in [-0.25, -0.2) is 4.79 Å². The van der Waals surface area contributed by atoms with E-state index >= 15 is 0 Å². The van der Waals surface area contributed by atoms with Crippen molar-refractivity contribution in [2.24, 2.45) is 0 Å². The second kappa shape index (κ2) is 5.16. The lowest BCUT2D eigenvalue weighted by Crippen LogP contribution is -2.36. The molecule has 1 fully saturated rings. The third-order valence-corrected chi connectivity index (χ3v) is 2.93. The first-order valence-electron chi connectivity index (χ1n) is 5.59. The first kappa shape index (κ1) is 11.9. The lowest BCUT2D eigenvalue weighted by molar-refractivity contribution is 0.0340. The van der Waals surface area contributed by atoms with Gasteiger partial charge in [-0.1, -0.05) is 6.07 Å². The van der Waals surface area contributed by atoms with Crippen LogP contribution in [0.4, 0.5) is 5.69 Å². The van der Waals surface area contributed by atoms with Gasteiger partial charge in [-0.15, -0.1) is 0 Å². The van der Waals surface area contributed by atoms with Crippen LogP contribution in [0.15, 0.2) is 18.2 Å². The minimum absolute atomic E-state index is 0.288. The molecule has 0 aliphatic carbocycles. The van der Waals surface area contributed by atoms with E-state index in [1.54, 1.807) is 18.2 Å². The first-order valence-corrected chi connectivity index (χ1v) is 5.59. The standard InChI is InChI=1S/C12H16N2O3/c13-11-3-1-2-9(12(15)16)10(11)8-14-4-6-17-7-5-14/h1-3H,4-8,13H2,(H,15,16). The zero-order valence-electron chi connectivity index (χ0n) is 9.56. The van der Waals surface area contributed by atoms with Crippen LogP contribution in [-0.2, 0) is 11.3 Å². The quantitative estimate of drug-likeness (QED) is 0.759. The zero-order chi connectivity index (χ0) is 12.3. The normalized spacial score (nSPS) is 16.9. The number of benzene rings is 1. The van der Waals surface area contributed by atoms with Crippen molar-refractivity contribution in [3.63, 3.8) is 0 Å². The molecular weight excluding hydrogens is 220 g/mol. The molecule has 0 unspecified atom stereocenters. The van der Waals surface area contributed by atoms with Crippen LogP contribution in [0.2, 0.25) is 0 Å². The van der Waals surface area contributed by atoms with Crippen LogP contribution < -0.4 is 5.73 Å². The molecule has 1 aliphatic heterocycles. The maximum Gasteiger partial charge on any atom is 0.336 e. The SMILES string of the molecule is Nc1cccc(C(=O)O)c1CN1CCOCC1. The van der Waals surface area contributed by atoms with Gasteiger partial charge in [0.2, 0.25) is 0 Å². The first-order chi connectivity index (χ1) is 8.18. The summed E-state index contributed by atoms with van der Waals surface area (Å²) in [6.45, 7) is 3.57. The van der Waals surface area contributed by atoms with Crippen LogP contribution in [-0.4, -0.2) is 42.3 Å². The van der Waals surface area contributed by atoms with Crippen molar-refractivity contribution < 1.29 is 14.6 Å². The Bertz CT molecular complexity index is 414. The van der Waals surface area contributed by atoms with Gasteiger partial charge in [0.1, 0.15) is 0 Å². The Labute approximate surface area is 99.8 Å². The van der Waals surface area contributed by atoms with Crippen molar-refractivity contribution in [2.45, 2.75) is 6.54 Å². The Morgan fingerprint density at radius 2 is 2.12 bits per heavy atom. The number of carbonyl (C=O) groups is 1. The van der Waals surface area contributed by atoms with Crippen LogP contribution >= 0.6 is 0 Å². The summed E-state index contributed by atoms with van der Waals surface area (Å²) in [6.07, 6.45) is 0. The topological polar surface area (TPSA) is 75.8 Å². The lowest BCUT2D eigenvalue weighted by atomic mass is 10.0. The third kappa shape index (κ3) is 2.75. The van der Waals surface area contributed by atoms with Crippen molar-refractivity contribution in [3.05, 3.63) is 29.3 Å². The van der Waals surface area contributed by atoms with E-state index in [0.29, 0.717) is 31.0 Å². The molecule has 0 spiro atoms. The van der Waals surface area contributed by atoms with Crippen molar-refractivity contribution in [2.75, 3.05) is 32.0 Å². The van der Waals surface area contributed by atoms with Crippen molar-refractivity contribution in [1.82, 2.24) is 4.90 Å². The molecule has 1 heterocycles. The predicted molar refractivity (Wildman–Crippen MR) is 63.9 cm³/mol. The van der Waals surface area contributed by atoms with E-state index in [4.69, 9.17) is 15.6 Å². The third-order valence-electron chi connectivity index (χ3n) is 2.93. The highest BCUT2D eigenvalue weighted by atomic mass is 16.5. The Morgan fingerprint density at radius 3 is 2.76 bits per heavy atom. The molecule has 92 valence electrons. The predicted octanol–water partition coefficient (Wildman–Crippen LogP) is 0.799. The number of rotatable bonds is 3. The molecule has 0 amide bonds. The lowest BCUT2D eigenvalue weighted by Gasteiger charge is -2.27. The van der Waals surface area contributed by atoms with E-state index in [1.807, 2.05) is 0 Å². The van der Waals surface area contributed by atoms with Gasteiger partial charge < -0.3 is 15.6 Å². The Hall–Kier alpha value is -1.59. The highest BCUT2D eigenvalue weighted by Gasteiger charge is 2.17. The van der Waals surface area contributed by atoms with Gasteiger partial charge in [-0.3, -0.25) is 4.90 Å². The Kier molecular flexibility index (Phi) is 3.61. The number of ether oxygens (including phenoxy) is 1. The average Bonchev–Trinajstić information content (AvgIpc) is 2.33. The summed E-state index contributed by atoms with van der Waals surface area (Å²) in [4.78, 5) is 13.3. The summed E-state index contributed by atoms with van der Waals surface area (Å²) in [5, 5.41) is 9.12. The van der Waals surface area contributed by atoms with Gasteiger partial charge in [0, 0.05) is 30.9 Å². The van der Waals surface area contributed by atoms with Gasteiger partial charge in [-0.05, 0) is 12.1 Å². The molecule has 1 aliphatic rings. The fourth-order valence-electron chi connectivity index (χ4n) is 1.96. The summed E-state index contributed by atoms with van der Waals surface area (Å²) in [6, 6.07) is 5.00. The highest BCUT2D eigenvalue weighted by molar-refractivity contribution is 5.91. The summed E-state index contributed by atoms with van der Waals surface area (Å²) >= 11 is 0. The highest BCUT2D eigenvalue weighted by Crippen LogP contribution is 2.19. The maximum atomic E-state index is 11.1. The molecule has 1 aromatic rings. The van der Waals surface area contributed by atoms with Crippen molar-refractivity contribution in [3.8, 4) is 0 Å². The Morgan fingerprint density at radius 1 is 1.41 bits per heavy atom. The molecule has 0 bridgehead atoms. The number of anilines is 1. The smallest absolute Gasteiger partial charge is 0.336 e. The van der Waals surface area contributed by atoms with E-state index in [0.717, 1.165) is 13.1 Å². The number of nitrogens with two attached hydrogens (primary N) is 1. The van der Waals surface area contributed by atoms with Crippen LogP contribution in [0.3, 0.4) is 0 Å². The second-order valence-corrected chi connectivity index (χ2v) is 4.07. The molecule has 3 N–H and O–H groups in total. The average molecular weight is 236 g/mol. The number of nitrogens with zero attached hydrogens (tertiary/aromatic N) is 1. The fourth-order valence-corrected chi connectivity index (χ4v) is 1.96. The minimum atomic E-state index is -0.930. The number of morpholine rings is 1. The van der Waals surface area contributed by atoms with Gasteiger partial charge in [0.15, 0.2) is 0 Å². The largest absolute Gasteiger partial charge is 0.478 e. The summed E-state index contributed by atoms with van der Waals surface area (Å²) < 4.78 is 5.26. The van der Waals surface area contributed by atoms with Crippen molar-refractivity contribution in [1.29, 1.82) is 0 Å². The Balaban J connectivity index is 2.21. The van der Waals surface area contributed by atoms with Gasteiger partial charge in [-0.2, -0.15) is 0 Å². The van der Waals surface area contributed by atoms with Crippen LogP contribution in [0.1, 0.15) is 15.9 Å². The molecule has 1 saturated heterocycles. The summed E-state index contributed by atoms with van der Waals surface area (Å²) in [7, 11) is 0. The molecule has 5 nitrogen and oxygen atoms in total. The number of hydrogen-bond acceptors (Lipinski definition) is 4. The number of hydrogen-bond donors (Lipinski definition) is 2. The van der Waals surface area contributed by atoms with E-state index in [-0.39, 0.29) is 5.56 Å². The van der Waals surface area contributed by atoms with Crippen molar-refractivity contribution >= 4 is 11.7 Å². The van der Waals surface area contributed by atoms with Gasteiger partial charge in [0.25, 0.3) is 0 Å². The second-order valence-electron chi connectivity index (χ2n) is 4.07. The monoisotopic (exact) mass is 236 g/mol. The molecule has 1 aromatic carbocycles. The number of nitrogen functional groups attached to an aromatic ring is 1. The number of carboxylic acid groups (broad SMARTS) is 1. The van der Waals surface area contributed by atoms with Gasteiger partial charge >= 0.3 is 5.97 Å².